The number of ether oxygens (including phenoxy) is 1. The van der Waals surface area contributed by atoms with Crippen LogP contribution in [0, 0.1) is 5.92 Å². The topological polar surface area (TPSA) is 154 Å². The molecule has 0 unspecified atom stereocenters. The number of aromatic amines is 1. The van der Waals surface area contributed by atoms with Crippen molar-refractivity contribution in [2.24, 2.45) is 5.92 Å². The van der Waals surface area contributed by atoms with E-state index >= 15 is 0 Å². The third-order valence-electron chi connectivity index (χ3n) is 6.87. The summed E-state index contributed by atoms with van der Waals surface area (Å²) in [5.74, 6) is -0.174. The molecule has 1 amide bonds. The van der Waals surface area contributed by atoms with E-state index in [-0.39, 0.29) is 36.1 Å². The minimum Gasteiger partial charge on any atom is -0.425 e. The van der Waals surface area contributed by atoms with Gasteiger partial charge in [0, 0.05) is 18.5 Å². The highest BCUT2D eigenvalue weighted by molar-refractivity contribution is 5.86. The average Bonchev–Trinajstić information content (AvgIpc) is 3.54. The molecule has 4 rings (SSSR count). The lowest BCUT2D eigenvalue weighted by molar-refractivity contribution is -0.497. The van der Waals surface area contributed by atoms with Crippen molar-refractivity contribution in [3.63, 3.8) is 0 Å². The largest absolute Gasteiger partial charge is 0.425 e. The number of hydrogen-bond donors (Lipinski definition) is 3. The molecule has 3 aromatic carbocycles. The number of carbonyl (C=O) groups is 2. The average molecular weight is 589 g/mol. The van der Waals surface area contributed by atoms with Gasteiger partial charge >= 0.3 is 5.97 Å². The maximum atomic E-state index is 13.6. The number of H-pyrrole nitrogens is 1. The van der Waals surface area contributed by atoms with Gasteiger partial charge in [-0.2, -0.15) is 5.21 Å². The lowest BCUT2D eigenvalue weighted by Gasteiger charge is -2.33. The third kappa shape index (κ3) is 8.52. The van der Waals surface area contributed by atoms with Gasteiger partial charge in [-0.05, 0) is 51.9 Å². The van der Waals surface area contributed by atoms with Gasteiger partial charge in [0.05, 0.1) is 12.0 Å². The molecule has 12 heteroatoms. The fourth-order valence-electron chi connectivity index (χ4n) is 4.77. The highest BCUT2D eigenvalue weighted by atomic mass is 17.1. The molecule has 0 saturated heterocycles. The maximum absolute atomic E-state index is 13.6. The first kappa shape index (κ1) is 31.4. The van der Waals surface area contributed by atoms with E-state index in [1.807, 2.05) is 69.3 Å². The van der Waals surface area contributed by atoms with Crippen molar-refractivity contribution in [2.75, 3.05) is 0 Å². The van der Waals surface area contributed by atoms with Crippen molar-refractivity contribution in [3.8, 4) is 28.3 Å². The van der Waals surface area contributed by atoms with Crippen LogP contribution in [0.2, 0.25) is 0 Å². The predicted molar refractivity (Wildman–Crippen MR) is 156 cm³/mol. The Hall–Kier alpha value is -4.49. The molecule has 0 aliphatic heterocycles. The SMILES string of the molecule is CCCCC(=O)N(Cc1ccc(-c2ccccc2-c2nn[nH]n2)cc1)[C@H](C(=O)Oc1cccc(CON(O)O)c1)C(C)C. The lowest BCUT2D eigenvalue weighted by atomic mass is 9.97. The number of hydrogen-bond acceptors (Lipinski definition) is 10. The van der Waals surface area contributed by atoms with Crippen LogP contribution in [0.4, 0.5) is 0 Å². The first-order valence-corrected chi connectivity index (χ1v) is 14.1. The predicted octanol–water partition coefficient (Wildman–Crippen LogP) is 5.19. The van der Waals surface area contributed by atoms with E-state index < -0.39 is 12.0 Å². The van der Waals surface area contributed by atoms with Crippen molar-refractivity contribution in [3.05, 3.63) is 83.9 Å². The van der Waals surface area contributed by atoms with Crippen LogP contribution < -0.4 is 4.74 Å². The van der Waals surface area contributed by atoms with Crippen LogP contribution in [-0.4, -0.2) is 59.2 Å². The molecule has 0 fully saturated rings. The van der Waals surface area contributed by atoms with Gasteiger partial charge in [0.1, 0.15) is 11.8 Å². The van der Waals surface area contributed by atoms with Crippen LogP contribution in [-0.2, 0) is 27.6 Å². The van der Waals surface area contributed by atoms with Crippen LogP contribution in [0.3, 0.4) is 0 Å². The monoisotopic (exact) mass is 588 g/mol. The van der Waals surface area contributed by atoms with Crippen LogP contribution in [0.1, 0.15) is 51.2 Å². The number of esters is 1. The minimum absolute atomic E-state index is 0.128. The summed E-state index contributed by atoms with van der Waals surface area (Å²) in [6.45, 7) is 5.85. The minimum atomic E-state index is -0.840. The molecule has 0 bridgehead atoms. The Kier molecular flexibility index (Phi) is 11.1. The van der Waals surface area contributed by atoms with Crippen LogP contribution in [0.15, 0.2) is 72.8 Å². The Bertz CT molecular complexity index is 1480. The molecule has 1 aromatic heterocycles. The smallest absolute Gasteiger partial charge is 0.334 e. The molecule has 0 aliphatic carbocycles. The summed E-state index contributed by atoms with van der Waals surface area (Å²) in [4.78, 5) is 33.3. The van der Waals surface area contributed by atoms with Gasteiger partial charge in [-0.1, -0.05) is 87.9 Å². The fraction of sp³-hybridized carbons (Fsp3) is 0.323. The van der Waals surface area contributed by atoms with E-state index in [1.165, 1.54) is 0 Å². The molecular formula is C31H36N6O6. The van der Waals surface area contributed by atoms with E-state index in [2.05, 4.69) is 25.5 Å². The number of nitrogens with zero attached hydrogens (tertiary/aromatic N) is 5. The van der Waals surface area contributed by atoms with Gasteiger partial charge in [-0.15, -0.1) is 10.2 Å². The molecule has 43 heavy (non-hydrogen) atoms. The maximum Gasteiger partial charge on any atom is 0.334 e. The molecule has 12 nitrogen and oxygen atoms in total. The number of tetrazole rings is 1. The van der Waals surface area contributed by atoms with Gasteiger partial charge in [0.2, 0.25) is 11.7 Å². The zero-order valence-corrected chi connectivity index (χ0v) is 24.4. The number of amides is 1. The number of aromatic nitrogens is 4. The Labute approximate surface area is 249 Å². The first-order valence-electron chi connectivity index (χ1n) is 14.1. The zero-order chi connectivity index (χ0) is 30.8. The zero-order valence-electron chi connectivity index (χ0n) is 24.4. The van der Waals surface area contributed by atoms with Crippen molar-refractivity contribution >= 4 is 11.9 Å². The molecule has 0 saturated carbocycles. The number of nitrogens with one attached hydrogen (secondary N) is 1. The molecule has 1 atom stereocenters. The van der Waals surface area contributed by atoms with Crippen LogP contribution in [0.25, 0.3) is 22.5 Å². The lowest BCUT2D eigenvalue weighted by Crippen LogP contribution is -2.49. The summed E-state index contributed by atoms with van der Waals surface area (Å²) in [5, 5.41) is 31.6. The van der Waals surface area contributed by atoms with Crippen molar-refractivity contribution in [2.45, 2.75) is 59.2 Å². The van der Waals surface area contributed by atoms with Crippen LogP contribution >= 0.6 is 0 Å². The Morgan fingerprint density at radius 2 is 1.70 bits per heavy atom. The molecule has 0 radical (unpaired) electrons. The fourth-order valence-corrected chi connectivity index (χ4v) is 4.77. The summed E-state index contributed by atoms with van der Waals surface area (Å²) in [7, 11) is 0. The van der Waals surface area contributed by atoms with Gasteiger partial charge in [0.15, 0.2) is 0 Å². The third-order valence-corrected chi connectivity index (χ3v) is 6.87. The van der Waals surface area contributed by atoms with Crippen molar-refractivity contribution in [1.82, 2.24) is 30.9 Å². The number of rotatable bonds is 14. The summed E-state index contributed by atoms with van der Waals surface area (Å²) in [5.41, 5.74) is 4.14. The molecule has 0 aliphatic rings. The molecule has 4 aromatic rings. The summed E-state index contributed by atoms with van der Waals surface area (Å²) in [6.07, 6.45) is 1.86. The Balaban J connectivity index is 1.57. The summed E-state index contributed by atoms with van der Waals surface area (Å²) in [6, 6.07) is 21.3. The van der Waals surface area contributed by atoms with E-state index in [1.54, 1.807) is 29.2 Å². The van der Waals surface area contributed by atoms with Crippen molar-refractivity contribution < 1.29 is 29.6 Å². The Morgan fingerprint density at radius 3 is 2.35 bits per heavy atom. The number of carbonyl (C=O) groups excluding carboxylic acids is 2. The first-order chi connectivity index (χ1) is 20.8. The van der Waals surface area contributed by atoms with E-state index in [4.69, 9.17) is 15.2 Å². The molecule has 3 N–H and O–H groups in total. The van der Waals surface area contributed by atoms with Gasteiger partial charge in [0.25, 0.3) is 0 Å². The molecule has 1 heterocycles. The number of benzene rings is 3. The quantitative estimate of drug-likeness (QED) is 0.102. The normalized spacial score (nSPS) is 12.0. The molecule has 0 spiro atoms. The second-order valence-corrected chi connectivity index (χ2v) is 10.4. The summed E-state index contributed by atoms with van der Waals surface area (Å²) < 4.78 is 5.74. The summed E-state index contributed by atoms with van der Waals surface area (Å²) >= 11 is 0. The van der Waals surface area contributed by atoms with Crippen LogP contribution in [0.5, 0.6) is 5.75 Å². The van der Waals surface area contributed by atoms with E-state index in [9.17, 15) is 9.59 Å². The molecular weight excluding hydrogens is 552 g/mol. The highest BCUT2D eigenvalue weighted by Gasteiger charge is 2.34. The highest BCUT2D eigenvalue weighted by Crippen LogP contribution is 2.30. The van der Waals surface area contributed by atoms with E-state index in [0.717, 1.165) is 28.7 Å². The second-order valence-electron chi connectivity index (χ2n) is 10.4. The van der Waals surface area contributed by atoms with Gasteiger partial charge in [-0.3, -0.25) is 15.2 Å². The standard InChI is InChI=1S/C31H36N6O6/c1-4-5-13-28(38)36(29(21(2)3)31(39)43-25-10-8-9-23(18-25)20-42-37(40)41)19-22-14-16-24(17-15-22)26-11-6-7-12-27(26)30-32-34-35-33-30/h6-12,14-18,21,29,40-41H,4-5,13,19-20H2,1-3H3,(H,32,33,34,35)/t29-/m0/s1. The number of unbranched alkanes of at least 4 members (excludes halogenated alkanes) is 1. The molecule has 226 valence electrons. The van der Waals surface area contributed by atoms with Crippen molar-refractivity contribution in [1.29, 1.82) is 0 Å². The Morgan fingerprint density at radius 1 is 0.953 bits per heavy atom. The van der Waals surface area contributed by atoms with Gasteiger partial charge < -0.3 is 9.64 Å². The second kappa shape index (κ2) is 15.1. The van der Waals surface area contributed by atoms with Gasteiger partial charge in [-0.25, -0.2) is 9.63 Å². The van der Waals surface area contributed by atoms with E-state index in [0.29, 0.717) is 24.2 Å².